The second-order valence-corrected chi connectivity index (χ2v) is 7.05. The van der Waals surface area contributed by atoms with E-state index >= 15 is 0 Å². The van der Waals surface area contributed by atoms with Crippen molar-refractivity contribution in [3.63, 3.8) is 0 Å². The number of nitrogens with one attached hydrogen (secondary N) is 1. The number of anilines is 2. The lowest BCUT2D eigenvalue weighted by Gasteiger charge is -2.28. The average Bonchev–Trinajstić information content (AvgIpc) is 3.30. The maximum Gasteiger partial charge on any atom is 0.349 e. The number of carbonyl (C=O) groups excluding carboxylic acids is 2. The molecule has 0 aliphatic carbocycles. The zero-order chi connectivity index (χ0) is 22.3. The van der Waals surface area contributed by atoms with E-state index in [9.17, 15) is 14.9 Å². The largest absolute Gasteiger partial charge is 0.454 e. The Hall–Kier alpha value is -4.03. The molecule has 2 aliphatic rings. The monoisotopic (exact) mass is 435 g/mol. The van der Waals surface area contributed by atoms with Gasteiger partial charge in [0.2, 0.25) is 6.79 Å². The van der Waals surface area contributed by atoms with E-state index in [1.165, 1.54) is 6.08 Å². The molecule has 1 amide bonds. The first-order valence-electron chi connectivity index (χ1n) is 10.0. The Kier molecular flexibility index (Phi) is 6.53. The van der Waals surface area contributed by atoms with Crippen molar-refractivity contribution in [1.29, 1.82) is 5.26 Å². The molecule has 2 aliphatic heterocycles. The lowest BCUT2D eigenvalue weighted by Crippen LogP contribution is -2.36. The van der Waals surface area contributed by atoms with Crippen molar-refractivity contribution in [2.45, 2.75) is 0 Å². The van der Waals surface area contributed by atoms with E-state index in [2.05, 4.69) is 10.2 Å². The van der Waals surface area contributed by atoms with E-state index in [4.69, 9.17) is 18.9 Å². The smallest absolute Gasteiger partial charge is 0.349 e. The summed E-state index contributed by atoms with van der Waals surface area (Å²) < 4.78 is 20.8. The Morgan fingerprint density at radius 3 is 2.59 bits per heavy atom. The maximum absolute atomic E-state index is 12.2. The maximum atomic E-state index is 12.2. The number of ether oxygens (including phenoxy) is 4. The first-order valence-corrected chi connectivity index (χ1v) is 10.0. The normalized spacial score (nSPS) is 15.1. The summed E-state index contributed by atoms with van der Waals surface area (Å²) in [6.07, 6.45) is 1.37. The average molecular weight is 435 g/mol. The third-order valence-corrected chi connectivity index (χ3v) is 4.91. The van der Waals surface area contributed by atoms with E-state index in [1.807, 2.05) is 12.1 Å². The Balaban J connectivity index is 1.30. The van der Waals surface area contributed by atoms with Gasteiger partial charge in [-0.25, -0.2) is 4.79 Å². The predicted octanol–water partition coefficient (Wildman–Crippen LogP) is 2.34. The van der Waals surface area contributed by atoms with E-state index in [-0.39, 0.29) is 12.4 Å². The minimum Gasteiger partial charge on any atom is -0.454 e. The standard InChI is InChI=1S/C23H21N3O6/c24-13-17(11-16-1-6-20-21(12-16)32-15-31-20)23(28)30-14-22(27)25-18-2-4-19(5-3-18)26-7-9-29-10-8-26/h1-6,11-12H,7-10,14-15H2,(H,25,27)/b17-11+. The number of nitrogens with zero attached hydrogens (tertiary/aromatic N) is 2. The molecule has 2 heterocycles. The number of benzene rings is 2. The van der Waals surface area contributed by atoms with Gasteiger partial charge in [0.1, 0.15) is 11.6 Å². The fourth-order valence-electron chi connectivity index (χ4n) is 3.29. The molecule has 9 heteroatoms. The van der Waals surface area contributed by atoms with Crippen molar-refractivity contribution >= 4 is 29.3 Å². The van der Waals surface area contributed by atoms with Crippen molar-refractivity contribution in [1.82, 2.24) is 0 Å². The van der Waals surface area contributed by atoms with Crippen molar-refractivity contribution in [2.75, 3.05) is 49.9 Å². The number of esters is 1. The van der Waals surface area contributed by atoms with Crippen molar-refractivity contribution in [3.05, 3.63) is 53.6 Å². The van der Waals surface area contributed by atoms with Crippen molar-refractivity contribution < 1.29 is 28.5 Å². The highest BCUT2D eigenvalue weighted by Gasteiger charge is 2.16. The second-order valence-electron chi connectivity index (χ2n) is 7.05. The minimum absolute atomic E-state index is 0.126. The molecule has 0 atom stereocenters. The topological polar surface area (TPSA) is 110 Å². The molecule has 2 aromatic carbocycles. The van der Waals surface area contributed by atoms with Crippen LogP contribution in [0, 0.1) is 11.3 Å². The Morgan fingerprint density at radius 2 is 1.84 bits per heavy atom. The van der Waals surface area contributed by atoms with Gasteiger partial charge in [0, 0.05) is 24.5 Å². The molecule has 4 rings (SSSR count). The van der Waals surface area contributed by atoms with Crippen LogP contribution in [0.2, 0.25) is 0 Å². The molecule has 1 saturated heterocycles. The van der Waals surface area contributed by atoms with Gasteiger partial charge in [0.15, 0.2) is 18.1 Å². The van der Waals surface area contributed by atoms with Crippen LogP contribution < -0.4 is 19.7 Å². The van der Waals surface area contributed by atoms with Gasteiger partial charge in [-0.3, -0.25) is 4.79 Å². The Labute approximate surface area is 184 Å². The highest BCUT2D eigenvalue weighted by Crippen LogP contribution is 2.33. The van der Waals surface area contributed by atoms with Crippen LogP contribution in [0.25, 0.3) is 6.08 Å². The van der Waals surface area contributed by atoms with Crippen molar-refractivity contribution in [2.24, 2.45) is 0 Å². The Bertz CT molecular complexity index is 1070. The molecule has 0 bridgehead atoms. The van der Waals surface area contributed by atoms with E-state index < -0.39 is 18.5 Å². The molecular formula is C23H21N3O6. The van der Waals surface area contributed by atoms with E-state index in [0.717, 1.165) is 18.8 Å². The number of carbonyl (C=O) groups is 2. The summed E-state index contributed by atoms with van der Waals surface area (Å²) in [5, 5.41) is 12.0. The Morgan fingerprint density at radius 1 is 1.09 bits per heavy atom. The molecule has 0 aromatic heterocycles. The van der Waals surface area contributed by atoms with Gasteiger partial charge in [-0.1, -0.05) is 6.07 Å². The summed E-state index contributed by atoms with van der Waals surface area (Å²) in [6, 6.07) is 14.2. The van der Waals surface area contributed by atoms with Crippen LogP contribution in [-0.4, -0.2) is 51.6 Å². The summed E-state index contributed by atoms with van der Waals surface area (Å²) in [7, 11) is 0. The van der Waals surface area contributed by atoms with Gasteiger partial charge in [-0.05, 0) is 48.0 Å². The summed E-state index contributed by atoms with van der Waals surface area (Å²) in [5.41, 5.74) is 1.98. The first kappa shape index (κ1) is 21.2. The van der Waals surface area contributed by atoms with Crippen LogP contribution in [0.4, 0.5) is 11.4 Å². The molecule has 9 nitrogen and oxygen atoms in total. The quantitative estimate of drug-likeness (QED) is 0.418. The number of morpholine rings is 1. The number of hydrogen-bond acceptors (Lipinski definition) is 8. The molecule has 2 aromatic rings. The number of fused-ring (bicyclic) bond motifs is 1. The number of rotatable bonds is 6. The minimum atomic E-state index is -0.886. The van der Waals surface area contributed by atoms with Crippen molar-refractivity contribution in [3.8, 4) is 17.6 Å². The molecule has 1 fully saturated rings. The third kappa shape index (κ3) is 5.17. The summed E-state index contributed by atoms with van der Waals surface area (Å²) in [5.74, 6) is -0.262. The predicted molar refractivity (Wildman–Crippen MR) is 115 cm³/mol. The second kappa shape index (κ2) is 9.85. The lowest BCUT2D eigenvalue weighted by atomic mass is 10.1. The number of hydrogen-bond donors (Lipinski definition) is 1. The van der Waals surface area contributed by atoms with Crippen LogP contribution in [-0.2, 0) is 19.1 Å². The highest BCUT2D eigenvalue weighted by molar-refractivity contribution is 6.00. The van der Waals surface area contributed by atoms with Crippen LogP contribution in [0.3, 0.4) is 0 Å². The molecule has 1 N–H and O–H groups in total. The third-order valence-electron chi connectivity index (χ3n) is 4.91. The summed E-state index contributed by atoms with van der Waals surface area (Å²) >= 11 is 0. The lowest BCUT2D eigenvalue weighted by molar-refractivity contribution is -0.142. The van der Waals surface area contributed by atoms with Gasteiger partial charge in [0.05, 0.1) is 13.2 Å². The molecule has 32 heavy (non-hydrogen) atoms. The molecule has 0 unspecified atom stereocenters. The first-order chi connectivity index (χ1) is 15.6. The molecular weight excluding hydrogens is 414 g/mol. The fourth-order valence-corrected chi connectivity index (χ4v) is 3.29. The van der Waals surface area contributed by atoms with Crippen LogP contribution in [0.1, 0.15) is 5.56 Å². The molecule has 0 radical (unpaired) electrons. The van der Waals surface area contributed by atoms with Gasteiger partial charge >= 0.3 is 5.97 Å². The molecule has 164 valence electrons. The highest BCUT2D eigenvalue weighted by atomic mass is 16.7. The number of nitriles is 1. The van der Waals surface area contributed by atoms with E-state index in [0.29, 0.717) is 36.0 Å². The zero-order valence-electron chi connectivity index (χ0n) is 17.2. The van der Waals surface area contributed by atoms with Gasteiger partial charge in [0.25, 0.3) is 5.91 Å². The van der Waals surface area contributed by atoms with Gasteiger partial charge < -0.3 is 29.2 Å². The fraction of sp³-hybridized carbons (Fsp3) is 0.261. The summed E-state index contributed by atoms with van der Waals surface area (Å²) in [6.45, 7) is 2.64. The van der Waals surface area contributed by atoms with Crippen LogP contribution in [0.5, 0.6) is 11.5 Å². The van der Waals surface area contributed by atoms with E-state index in [1.54, 1.807) is 36.4 Å². The molecule has 0 saturated carbocycles. The SMILES string of the molecule is N#C/C(=C\c1ccc2c(c1)OCO2)C(=O)OCC(=O)Nc1ccc(N2CCOCC2)cc1. The zero-order valence-corrected chi connectivity index (χ0v) is 17.2. The van der Waals surface area contributed by atoms with Gasteiger partial charge in [-0.15, -0.1) is 0 Å². The van der Waals surface area contributed by atoms with Crippen LogP contribution in [0.15, 0.2) is 48.0 Å². The van der Waals surface area contributed by atoms with Crippen LogP contribution >= 0.6 is 0 Å². The number of amides is 1. The summed E-state index contributed by atoms with van der Waals surface area (Å²) in [4.78, 5) is 26.6. The molecule has 0 spiro atoms. The van der Waals surface area contributed by atoms with Gasteiger partial charge in [-0.2, -0.15) is 5.26 Å².